The zero-order valence-electron chi connectivity index (χ0n) is 16.3. The molecule has 1 unspecified atom stereocenters. The number of aliphatic hydroxyl groups excluding tert-OH is 1. The van der Waals surface area contributed by atoms with Crippen LogP contribution >= 0.6 is 11.3 Å². The fraction of sp³-hybridized carbons (Fsp3) is 0.348. The highest BCUT2D eigenvalue weighted by Crippen LogP contribution is 2.24. The molecule has 5 heteroatoms. The number of thiazole rings is 1. The first-order valence-corrected chi connectivity index (χ1v) is 10.7. The molecule has 0 bridgehead atoms. The van der Waals surface area contributed by atoms with Gasteiger partial charge in [-0.1, -0.05) is 54.1 Å². The molecule has 1 aliphatic rings. The third-order valence-electron chi connectivity index (χ3n) is 5.21. The summed E-state index contributed by atoms with van der Waals surface area (Å²) in [5, 5.41) is 16.9. The Labute approximate surface area is 170 Å². The Hall–Kier alpha value is -2.05. The van der Waals surface area contributed by atoms with Gasteiger partial charge < -0.3 is 10.4 Å². The van der Waals surface area contributed by atoms with E-state index in [9.17, 15) is 5.11 Å². The van der Waals surface area contributed by atoms with E-state index in [0.717, 1.165) is 35.8 Å². The number of hydrogen-bond acceptors (Lipinski definition) is 5. The van der Waals surface area contributed by atoms with Crippen molar-refractivity contribution in [2.24, 2.45) is 0 Å². The predicted octanol–water partition coefficient (Wildman–Crippen LogP) is 3.63. The van der Waals surface area contributed by atoms with Gasteiger partial charge in [0, 0.05) is 43.7 Å². The van der Waals surface area contributed by atoms with Gasteiger partial charge in [0.05, 0.1) is 11.8 Å². The van der Waals surface area contributed by atoms with Crippen LogP contribution in [0.2, 0.25) is 0 Å². The van der Waals surface area contributed by atoms with Crippen LogP contribution in [0.25, 0.3) is 10.6 Å². The monoisotopic (exact) mass is 393 g/mol. The minimum Gasteiger partial charge on any atom is -0.390 e. The van der Waals surface area contributed by atoms with Crippen LogP contribution in [0.4, 0.5) is 0 Å². The van der Waals surface area contributed by atoms with Crippen LogP contribution in [0.15, 0.2) is 53.9 Å². The second-order valence-electron chi connectivity index (χ2n) is 7.55. The van der Waals surface area contributed by atoms with E-state index < -0.39 is 0 Å². The number of β-amino-alcohol motifs (C(OH)–C–C–N with tert-alkyl or cyclic N) is 1. The Morgan fingerprint density at radius 2 is 1.93 bits per heavy atom. The molecule has 0 fully saturated rings. The summed E-state index contributed by atoms with van der Waals surface area (Å²) in [6.07, 6.45) is 0.692. The summed E-state index contributed by atoms with van der Waals surface area (Å²) in [6, 6.07) is 17.1. The number of aryl methyl sites for hydroxylation is 1. The molecule has 1 aromatic heterocycles. The lowest BCUT2D eigenvalue weighted by atomic mass is 10.00. The number of hydrogen-bond donors (Lipinski definition) is 2. The Morgan fingerprint density at radius 1 is 1.14 bits per heavy atom. The molecule has 0 aliphatic carbocycles. The maximum Gasteiger partial charge on any atom is 0.123 e. The third-order valence-corrected chi connectivity index (χ3v) is 6.16. The lowest BCUT2D eigenvalue weighted by Gasteiger charge is -2.30. The lowest BCUT2D eigenvalue weighted by molar-refractivity contribution is 0.104. The number of aliphatic hydroxyl groups is 1. The fourth-order valence-corrected chi connectivity index (χ4v) is 4.48. The van der Waals surface area contributed by atoms with Gasteiger partial charge >= 0.3 is 0 Å². The van der Waals surface area contributed by atoms with E-state index in [-0.39, 0.29) is 6.10 Å². The van der Waals surface area contributed by atoms with E-state index in [1.54, 1.807) is 11.3 Å². The summed E-state index contributed by atoms with van der Waals surface area (Å²) in [5.74, 6) is 0. The molecule has 1 aliphatic heterocycles. The molecule has 3 aromatic rings. The minimum atomic E-state index is -0.375. The zero-order chi connectivity index (χ0) is 19.3. The Balaban J connectivity index is 1.23. The molecule has 4 rings (SSSR count). The third kappa shape index (κ3) is 4.86. The van der Waals surface area contributed by atoms with Gasteiger partial charge in [0.15, 0.2) is 0 Å². The van der Waals surface area contributed by atoms with Gasteiger partial charge in [-0.05, 0) is 24.5 Å². The largest absolute Gasteiger partial charge is 0.390 e. The average Bonchev–Trinajstić information content (AvgIpc) is 3.17. The van der Waals surface area contributed by atoms with Crippen LogP contribution < -0.4 is 5.32 Å². The van der Waals surface area contributed by atoms with Crippen LogP contribution in [0, 0.1) is 6.92 Å². The van der Waals surface area contributed by atoms with Crippen LogP contribution in [0.3, 0.4) is 0 Å². The number of aromatic nitrogens is 1. The Bertz CT molecular complexity index is 906. The van der Waals surface area contributed by atoms with Gasteiger partial charge in [0.25, 0.3) is 0 Å². The topological polar surface area (TPSA) is 48.4 Å². The zero-order valence-corrected chi connectivity index (χ0v) is 17.1. The Morgan fingerprint density at radius 3 is 2.75 bits per heavy atom. The number of nitrogens with zero attached hydrogens (tertiary/aromatic N) is 2. The summed E-state index contributed by atoms with van der Waals surface area (Å²) >= 11 is 1.67. The van der Waals surface area contributed by atoms with E-state index >= 15 is 0 Å². The fourth-order valence-electron chi connectivity index (χ4n) is 3.66. The summed E-state index contributed by atoms with van der Waals surface area (Å²) in [7, 11) is 0. The first-order chi connectivity index (χ1) is 13.7. The summed E-state index contributed by atoms with van der Waals surface area (Å²) < 4.78 is 0. The van der Waals surface area contributed by atoms with E-state index in [1.807, 2.05) is 0 Å². The summed E-state index contributed by atoms with van der Waals surface area (Å²) in [4.78, 5) is 7.05. The van der Waals surface area contributed by atoms with Crippen molar-refractivity contribution in [3.8, 4) is 10.6 Å². The first kappa shape index (κ1) is 19.3. The molecule has 1 atom stereocenters. The van der Waals surface area contributed by atoms with Crippen LogP contribution in [0.5, 0.6) is 0 Å². The van der Waals surface area contributed by atoms with Crippen molar-refractivity contribution in [2.75, 3.05) is 19.6 Å². The minimum absolute atomic E-state index is 0.375. The van der Waals surface area contributed by atoms with Crippen molar-refractivity contribution in [1.82, 2.24) is 15.2 Å². The normalized spacial score (nSPS) is 15.4. The van der Waals surface area contributed by atoms with E-state index in [2.05, 4.69) is 71.1 Å². The highest BCUT2D eigenvalue weighted by Gasteiger charge is 2.18. The Kier molecular flexibility index (Phi) is 6.17. The van der Waals surface area contributed by atoms with Crippen LogP contribution in [0.1, 0.15) is 22.4 Å². The highest BCUT2D eigenvalue weighted by atomic mass is 32.1. The molecule has 146 valence electrons. The molecule has 4 nitrogen and oxygen atoms in total. The van der Waals surface area contributed by atoms with Gasteiger partial charge in [0.2, 0.25) is 0 Å². The SMILES string of the molecule is Cc1ccc(-c2nc(CNCC(O)CN3CCc4ccccc4C3)cs2)cc1. The van der Waals surface area contributed by atoms with Gasteiger partial charge in [-0.3, -0.25) is 4.90 Å². The van der Waals surface area contributed by atoms with Gasteiger partial charge in [-0.2, -0.15) is 0 Å². The van der Waals surface area contributed by atoms with Crippen molar-refractivity contribution in [2.45, 2.75) is 32.5 Å². The molecular weight excluding hydrogens is 366 g/mol. The second-order valence-corrected chi connectivity index (χ2v) is 8.41. The standard InChI is InChI=1S/C23H27N3OS/c1-17-6-8-19(9-7-17)23-25-21(16-28-23)12-24-13-22(27)15-26-11-10-18-4-2-3-5-20(18)14-26/h2-9,16,22,24,27H,10-15H2,1H3. The maximum atomic E-state index is 10.4. The van der Waals surface area contributed by atoms with Gasteiger partial charge in [-0.25, -0.2) is 4.98 Å². The predicted molar refractivity (Wildman–Crippen MR) is 115 cm³/mol. The number of fused-ring (bicyclic) bond motifs is 1. The van der Waals surface area contributed by atoms with E-state index in [1.165, 1.54) is 16.7 Å². The summed E-state index contributed by atoms with van der Waals surface area (Å²) in [5.41, 5.74) is 6.28. The van der Waals surface area contributed by atoms with Crippen LogP contribution in [-0.4, -0.2) is 40.7 Å². The molecular formula is C23H27N3OS. The number of benzene rings is 2. The quantitative estimate of drug-likeness (QED) is 0.644. The molecule has 0 saturated heterocycles. The molecule has 2 N–H and O–H groups in total. The second kappa shape index (κ2) is 8.97. The number of nitrogens with one attached hydrogen (secondary N) is 1. The van der Waals surface area contributed by atoms with E-state index in [4.69, 9.17) is 4.98 Å². The molecule has 2 aromatic carbocycles. The van der Waals surface area contributed by atoms with Crippen molar-refractivity contribution in [3.63, 3.8) is 0 Å². The smallest absolute Gasteiger partial charge is 0.123 e. The summed E-state index contributed by atoms with van der Waals surface area (Å²) in [6.45, 7) is 6.00. The molecule has 0 radical (unpaired) electrons. The van der Waals surface area contributed by atoms with Crippen LogP contribution in [-0.2, 0) is 19.5 Å². The molecule has 0 saturated carbocycles. The first-order valence-electron chi connectivity index (χ1n) is 9.87. The van der Waals surface area contributed by atoms with Gasteiger partial charge in [-0.15, -0.1) is 11.3 Å². The maximum absolute atomic E-state index is 10.4. The molecule has 0 spiro atoms. The van der Waals surface area contributed by atoms with Crippen molar-refractivity contribution in [3.05, 3.63) is 76.3 Å². The van der Waals surface area contributed by atoms with Crippen molar-refractivity contribution >= 4 is 11.3 Å². The average molecular weight is 394 g/mol. The van der Waals surface area contributed by atoms with E-state index in [0.29, 0.717) is 19.6 Å². The molecule has 2 heterocycles. The van der Waals surface area contributed by atoms with Crippen molar-refractivity contribution in [1.29, 1.82) is 0 Å². The highest BCUT2D eigenvalue weighted by molar-refractivity contribution is 7.13. The molecule has 0 amide bonds. The van der Waals surface area contributed by atoms with Crippen molar-refractivity contribution < 1.29 is 5.11 Å². The van der Waals surface area contributed by atoms with Gasteiger partial charge in [0.1, 0.15) is 5.01 Å². The lowest BCUT2D eigenvalue weighted by Crippen LogP contribution is -2.40. The molecule has 28 heavy (non-hydrogen) atoms. The number of rotatable bonds is 7.